The van der Waals surface area contributed by atoms with Gasteiger partial charge in [-0.2, -0.15) is 4.80 Å². The van der Waals surface area contributed by atoms with Gasteiger partial charge in [0.25, 0.3) is 0 Å². The third kappa shape index (κ3) is 2.76. The number of phosphoric ester groups is 1. The van der Waals surface area contributed by atoms with Crippen LogP contribution in [0.2, 0.25) is 0 Å². The number of tetrazole rings is 1. The molecule has 4 saturated heterocycles. The molecule has 1 amide bonds. The highest BCUT2D eigenvalue weighted by Crippen LogP contribution is 2.81. The summed E-state index contributed by atoms with van der Waals surface area (Å²) < 4.78 is 49.2. The van der Waals surface area contributed by atoms with Gasteiger partial charge in [0.1, 0.15) is 17.6 Å². The van der Waals surface area contributed by atoms with Crippen molar-refractivity contribution in [3.63, 3.8) is 0 Å². The summed E-state index contributed by atoms with van der Waals surface area (Å²) in [6.45, 7) is 0. The minimum Gasteiger partial charge on any atom is -0.405 e. The number of rotatable bonds is 5. The summed E-state index contributed by atoms with van der Waals surface area (Å²) in [6.07, 6.45) is 0.487. The Morgan fingerprint density at radius 2 is 2.03 bits per heavy atom. The molecule has 0 unspecified atom stereocenters. The Balaban J connectivity index is 1.22. The van der Waals surface area contributed by atoms with Crippen molar-refractivity contribution >= 4 is 19.6 Å². The van der Waals surface area contributed by atoms with Crippen molar-refractivity contribution in [2.75, 3.05) is 4.90 Å². The van der Waals surface area contributed by atoms with Crippen molar-refractivity contribution in [1.82, 2.24) is 25.2 Å². The van der Waals surface area contributed by atoms with Gasteiger partial charge in [0.05, 0.1) is 12.7 Å². The fourth-order valence-corrected chi connectivity index (χ4v) is 6.27. The molecule has 3 aromatic rings. The Kier molecular flexibility index (Phi) is 4.01. The number of amides is 1. The molecule has 35 heavy (non-hydrogen) atoms. The molecule has 180 valence electrons. The van der Waals surface area contributed by atoms with Crippen molar-refractivity contribution in [3.05, 3.63) is 42.3 Å². The molecule has 1 saturated carbocycles. The van der Waals surface area contributed by atoms with Gasteiger partial charge in [0.15, 0.2) is 0 Å². The number of aryl methyl sites for hydroxylation is 1. The van der Waals surface area contributed by atoms with E-state index < -0.39 is 37.5 Å². The first-order chi connectivity index (χ1) is 16.7. The molecule has 15 heteroatoms. The number of phosphoric acid groups is 1. The molecule has 13 nitrogen and oxygen atoms in total. The van der Waals surface area contributed by atoms with Crippen LogP contribution in [-0.2, 0) is 29.9 Å². The molecule has 6 heterocycles. The molecule has 5 aliphatic rings. The van der Waals surface area contributed by atoms with Crippen LogP contribution in [0.25, 0.3) is 22.6 Å². The van der Waals surface area contributed by atoms with E-state index >= 15 is 4.39 Å². The lowest BCUT2D eigenvalue weighted by Crippen LogP contribution is -2.64. The monoisotopic (exact) mass is 502 g/mol. The van der Waals surface area contributed by atoms with E-state index in [1.165, 1.54) is 23.1 Å². The molecule has 0 radical (unpaired) electrons. The van der Waals surface area contributed by atoms with Gasteiger partial charge in [-0.1, -0.05) is 6.07 Å². The number of carbonyl (C=O) groups is 1. The number of nitrogens with zero attached hydrogens (tertiary/aromatic N) is 6. The number of hydrogen-bond acceptors (Lipinski definition) is 11. The first-order valence-corrected chi connectivity index (χ1v) is 12.1. The SMILES string of the molecule is Cn1nnc(-c2ccc(-c3ccc(N4C(=O)O[C@@]5([C@@H](O)C6CC6)OP6(=O)OC45O6)cc3F)cn2)n1. The highest BCUT2D eigenvalue weighted by molar-refractivity contribution is 7.50. The lowest BCUT2D eigenvalue weighted by Gasteiger charge is -2.40. The van der Waals surface area contributed by atoms with Crippen molar-refractivity contribution < 1.29 is 37.2 Å². The lowest BCUT2D eigenvalue weighted by atomic mass is 10.0. The second-order valence-corrected chi connectivity index (χ2v) is 10.1. The van der Waals surface area contributed by atoms with Crippen molar-refractivity contribution in [2.45, 2.75) is 30.6 Å². The van der Waals surface area contributed by atoms with Crippen LogP contribution in [0.5, 0.6) is 0 Å². The Hall–Kier alpha value is -3.29. The molecule has 2 aromatic heterocycles. The first-order valence-electron chi connectivity index (χ1n) is 10.7. The summed E-state index contributed by atoms with van der Waals surface area (Å²) in [5.74, 6) is -4.81. The standard InChI is InChI=1S/C20H16FN6O7P/c1-26-24-17(23-25-26)15-7-4-11(9-22-15)13-6-5-12(8-14(13)21)27-18(29)31-19(16(28)10-2-3-10)20(27)33-35(30,32-19)34-20/h4-10,16,28H,2-3H2,1H3/t16-,19-,20?,35?/m0/s1. The highest BCUT2D eigenvalue weighted by atomic mass is 31.2. The summed E-state index contributed by atoms with van der Waals surface area (Å²) in [6, 6.07) is 7.25. The van der Waals surface area contributed by atoms with Gasteiger partial charge in [-0.3, -0.25) is 4.98 Å². The topological polar surface area (TPSA) is 151 Å². The third-order valence-corrected chi connectivity index (χ3v) is 7.79. The first kappa shape index (κ1) is 21.0. The van der Waals surface area contributed by atoms with Crippen LogP contribution in [0.4, 0.5) is 14.9 Å². The predicted octanol–water partition coefficient (Wildman–Crippen LogP) is 2.34. The number of pyridine rings is 1. The molecule has 1 aromatic carbocycles. The van der Waals surface area contributed by atoms with E-state index in [1.54, 1.807) is 19.2 Å². The summed E-state index contributed by atoms with van der Waals surface area (Å²) >= 11 is 0. The van der Waals surface area contributed by atoms with Gasteiger partial charge in [-0.05, 0) is 48.2 Å². The highest BCUT2D eigenvalue weighted by Gasteiger charge is 2.91. The zero-order valence-corrected chi connectivity index (χ0v) is 18.8. The maximum Gasteiger partial charge on any atom is 0.486 e. The number of aliphatic hydroxyl groups is 1. The van der Waals surface area contributed by atoms with Crippen LogP contribution in [0.15, 0.2) is 36.5 Å². The molecule has 1 spiro atoms. The minimum absolute atomic E-state index is 0.00575. The largest absolute Gasteiger partial charge is 0.486 e. The van der Waals surface area contributed by atoms with Crippen molar-refractivity contribution in [1.29, 1.82) is 0 Å². The number of halogens is 1. The van der Waals surface area contributed by atoms with Gasteiger partial charge < -0.3 is 9.84 Å². The number of benzene rings is 1. The second-order valence-electron chi connectivity index (χ2n) is 8.65. The molecular formula is C20H16FN6O7P. The van der Waals surface area contributed by atoms with E-state index in [9.17, 15) is 14.5 Å². The average Bonchev–Trinajstić information content (AvgIpc) is 3.37. The van der Waals surface area contributed by atoms with Crippen LogP contribution in [0.1, 0.15) is 12.8 Å². The van der Waals surface area contributed by atoms with Crippen LogP contribution in [0.3, 0.4) is 0 Å². The molecule has 2 bridgehead atoms. The molecule has 1 aliphatic carbocycles. The smallest absolute Gasteiger partial charge is 0.405 e. The fraction of sp³-hybridized carbons (Fsp3) is 0.350. The van der Waals surface area contributed by atoms with Crippen LogP contribution < -0.4 is 4.90 Å². The number of carbonyl (C=O) groups excluding carboxylic acids is 1. The summed E-state index contributed by atoms with van der Waals surface area (Å²) in [5, 5.41) is 22.5. The maximum absolute atomic E-state index is 15.2. The zero-order chi connectivity index (χ0) is 24.2. The second kappa shape index (κ2) is 6.68. The number of aromatic nitrogens is 5. The van der Waals surface area contributed by atoms with E-state index in [1.807, 2.05) is 0 Å². The van der Waals surface area contributed by atoms with Gasteiger partial charge >= 0.3 is 25.6 Å². The van der Waals surface area contributed by atoms with Crippen molar-refractivity contribution in [3.8, 4) is 22.6 Å². The van der Waals surface area contributed by atoms with Gasteiger partial charge in [-0.25, -0.2) is 32.2 Å². The zero-order valence-electron chi connectivity index (χ0n) is 17.9. The molecule has 8 rings (SSSR count). The quantitative estimate of drug-likeness (QED) is 0.512. The Labute approximate surface area is 196 Å². The summed E-state index contributed by atoms with van der Waals surface area (Å²) in [7, 11) is -2.37. The Morgan fingerprint density at radius 1 is 1.23 bits per heavy atom. The third-order valence-electron chi connectivity index (χ3n) is 6.36. The molecule has 1 N–H and O–H groups in total. The average molecular weight is 502 g/mol. The molecule has 5 fully saturated rings. The number of aliphatic hydroxyl groups excluding tert-OH is 1. The van der Waals surface area contributed by atoms with E-state index in [0.29, 0.717) is 29.9 Å². The maximum atomic E-state index is 15.2. The van der Waals surface area contributed by atoms with E-state index in [0.717, 1.165) is 11.0 Å². The lowest BCUT2D eigenvalue weighted by molar-refractivity contribution is -0.284. The number of ether oxygens (including phenoxy) is 1. The van der Waals surface area contributed by atoms with E-state index in [4.69, 9.17) is 18.3 Å². The van der Waals surface area contributed by atoms with E-state index in [-0.39, 0.29) is 17.2 Å². The van der Waals surface area contributed by atoms with Gasteiger partial charge in [0.2, 0.25) is 5.82 Å². The van der Waals surface area contributed by atoms with Crippen LogP contribution in [-0.4, -0.2) is 54.2 Å². The van der Waals surface area contributed by atoms with Gasteiger partial charge in [0, 0.05) is 17.3 Å². The van der Waals surface area contributed by atoms with Crippen LogP contribution in [0, 0.1) is 11.7 Å². The number of anilines is 1. The van der Waals surface area contributed by atoms with E-state index in [2.05, 4.69) is 20.4 Å². The predicted molar refractivity (Wildman–Crippen MR) is 111 cm³/mol. The van der Waals surface area contributed by atoms with Crippen molar-refractivity contribution in [2.24, 2.45) is 13.0 Å². The van der Waals surface area contributed by atoms with Gasteiger partial charge in [-0.15, -0.1) is 10.2 Å². The normalized spacial score (nSPS) is 31.7. The summed E-state index contributed by atoms with van der Waals surface area (Å²) in [5.41, 5.74) is 1.14. The Morgan fingerprint density at radius 3 is 2.66 bits per heavy atom. The molecule has 4 aliphatic heterocycles. The van der Waals surface area contributed by atoms with Crippen LogP contribution >= 0.6 is 7.82 Å². The fourth-order valence-electron chi connectivity index (χ4n) is 4.56. The number of hydrogen-bond donors (Lipinski definition) is 1. The molecular weight excluding hydrogens is 486 g/mol. The minimum atomic E-state index is -4.00. The molecule has 2 atom stereocenters. The summed E-state index contributed by atoms with van der Waals surface area (Å²) in [4.78, 5) is 19.3. The Bertz CT molecular complexity index is 1440.